The summed E-state index contributed by atoms with van der Waals surface area (Å²) >= 11 is 3.19. The van der Waals surface area contributed by atoms with Gasteiger partial charge < -0.3 is 5.32 Å². The Bertz CT molecular complexity index is 613. The Morgan fingerprint density at radius 2 is 2.13 bits per heavy atom. The molecule has 0 unspecified atom stereocenters. The van der Waals surface area contributed by atoms with Gasteiger partial charge in [0, 0.05) is 11.3 Å². The molecule has 0 atom stereocenters. The minimum Gasteiger partial charge on any atom is -0.302 e. The Balaban J connectivity index is 1.50. The number of aromatic nitrogens is 1. The van der Waals surface area contributed by atoms with Crippen LogP contribution in [0.4, 0.5) is 5.13 Å². The lowest BCUT2D eigenvalue weighted by Gasteiger charge is -2.27. The molecule has 0 radical (unpaired) electrons. The molecule has 0 saturated heterocycles. The van der Waals surface area contributed by atoms with Crippen LogP contribution in [0.1, 0.15) is 51.9 Å². The van der Waals surface area contributed by atoms with Gasteiger partial charge in [-0.1, -0.05) is 32.3 Å². The first-order valence-corrected chi connectivity index (χ1v) is 10.3. The largest absolute Gasteiger partial charge is 0.302 e. The van der Waals surface area contributed by atoms with Crippen molar-refractivity contribution < 1.29 is 4.79 Å². The van der Waals surface area contributed by atoms with Crippen molar-refractivity contribution >= 4 is 33.7 Å². The Morgan fingerprint density at radius 1 is 1.30 bits per heavy atom. The zero-order chi connectivity index (χ0) is 16.1. The van der Waals surface area contributed by atoms with E-state index in [9.17, 15) is 4.79 Å². The second-order valence-electron chi connectivity index (χ2n) is 6.36. The average molecular weight is 349 g/mol. The number of unbranched alkanes of at least 4 members (excludes halogenated alkanes) is 1. The van der Waals surface area contributed by atoms with Crippen LogP contribution in [0.5, 0.6) is 0 Å². The van der Waals surface area contributed by atoms with Crippen LogP contribution in [0.3, 0.4) is 0 Å². The van der Waals surface area contributed by atoms with Crippen molar-refractivity contribution in [3.05, 3.63) is 22.9 Å². The number of nitrogens with zero attached hydrogens (tertiary/aromatic N) is 1. The van der Waals surface area contributed by atoms with Crippen molar-refractivity contribution in [1.29, 1.82) is 0 Å². The maximum absolute atomic E-state index is 12.4. The molecule has 2 aromatic rings. The lowest BCUT2D eigenvalue weighted by Crippen LogP contribution is -2.27. The van der Waals surface area contributed by atoms with Gasteiger partial charge in [-0.05, 0) is 43.0 Å². The predicted octanol–water partition coefficient (Wildman–Crippen LogP) is 5.81. The molecule has 2 heterocycles. The fourth-order valence-corrected chi connectivity index (χ4v) is 4.76. The van der Waals surface area contributed by atoms with Crippen molar-refractivity contribution in [1.82, 2.24) is 4.98 Å². The van der Waals surface area contributed by atoms with Crippen LogP contribution in [-0.4, -0.2) is 10.9 Å². The third-order valence-electron chi connectivity index (χ3n) is 4.69. The van der Waals surface area contributed by atoms with E-state index < -0.39 is 0 Å². The monoisotopic (exact) mass is 348 g/mol. The molecule has 1 fully saturated rings. The van der Waals surface area contributed by atoms with Crippen LogP contribution >= 0.6 is 22.7 Å². The van der Waals surface area contributed by atoms with Crippen LogP contribution in [-0.2, 0) is 4.79 Å². The average Bonchev–Trinajstić information content (AvgIpc) is 3.24. The number of nitrogens with one attached hydrogen (secondary N) is 1. The fourth-order valence-electron chi connectivity index (χ4n) is 3.28. The number of anilines is 1. The third-order valence-corrected chi connectivity index (χ3v) is 6.34. The minimum absolute atomic E-state index is 0.158. The summed E-state index contributed by atoms with van der Waals surface area (Å²) in [5.41, 5.74) is 0.962. The summed E-state index contributed by atoms with van der Waals surface area (Å²) in [4.78, 5) is 18.1. The molecular weight excluding hydrogens is 324 g/mol. The van der Waals surface area contributed by atoms with Gasteiger partial charge in [-0.3, -0.25) is 4.79 Å². The van der Waals surface area contributed by atoms with Crippen LogP contribution in [0.2, 0.25) is 0 Å². The summed E-state index contributed by atoms with van der Waals surface area (Å²) in [6.07, 6.45) is 8.41. The molecule has 1 aliphatic rings. The zero-order valence-electron chi connectivity index (χ0n) is 13.6. The molecule has 5 heteroatoms. The number of carbonyl (C=O) groups is 1. The number of hydrogen-bond acceptors (Lipinski definition) is 4. The van der Waals surface area contributed by atoms with E-state index in [-0.39, 0.29) is 11.8 Å². The highest BCUT2D eigenvalue weighted by molar-refractivity contribution is 7.16. The second kappa shape index (κ2) is 8.06. The molecule has 3 rings (SSSR count). The normalized spacial score (nSPS) is 21.3. The van der Waals surface area contributed by atoms with Crippen molar-refractivity contribution in [2.45, 2.75) is 51.9 Å². The van der Waals surface area contributed by atoms with Gasteiger partial charge in [0.25, 0.3) is 0 Å². The summed E-state index contributed by atoms with van der Waals surface area (Å²) in [6, 6.07) is 4.08. The Kier molecular flexibility index (Phi) is 5.84. The van der Waals surface area contributed by atoms with Crippen molar-refractivity contribution in [2.24, 2.45) is 11.8 Å². The van der Waals surface area contributed by atoms with E-state index in [0.717, 1.165) is 34.5 Å². The highest BCUT2D eigenvalue weighted by atomic mass is 32.1. The maximum Gasteiger partial charge on any atom is 0.229 e. The van der Waals surface area contributed by atoms with Crippen LogP contribution in [0.25, 0.3) is 10.6 Å². The van der Waals surface area contributed by atoms with Crippen molar-refractivity contribution in [3.63, 3.8) is 0 Å². The molecule has 1 amide bonds. The van der Waals surface area contributed by atoms with Gasteiger partial charge in [0.15, 0.2) is 5.13 Å². The molecule has 0 spiro atoms. The first-order chi connectivity index (χ1) is 11.3. The van der Waals surface area contributed by atoms with E-state index in [0.29, 0.717) is 0 Å². The number of amides is 1. The molecule has 124 valence electrons. The van der Waals surface area contributed by atoms with Gasteiger partial charge >= 0.3 is 0 Å². The first-order valence-electron chi connectivity index (χ1n) is 8.56. The highest BCUT2D eigenvalue weighted by Gasteiger charge is 2.26. The summed E-state index contributed by atoms with van der Waals surface area (Å²) in [7, 11) is 0. The van der Waals surface area contributed by atoms with Crippen molar-refractivity contribution in [3.8, 4) is 10.6 Å². The van der Waals surface area contributed by atoms with E-state index in [1.807, 2.05) is 16.8 Å². The Hall–Kier alpha value is -1.20. The molecule has 0 aliphatic heterocycles. The number of thiazole rings is 1. The van der Waals surface area contributed by atoms with Gasteiger partial charge in [0.1, 0.15) is 0 Å². The molecule has 1 aliphatic carbocycles. The zero-order valence-corrected chi connectivity index (χ0v) is 15.2. The topological polar surface area (TPSA) is 42.0 Å². The molecule has 1 saturated carbocycles. The minimum atomic E-state index is 0.158. The maximum atomic E-state index is 12.4. The van der Waals surface area contributed by atoms with Gasteiger partial charge in [0.05, 0.1) is 10.6 Å². The molecule has 2 aromatic heterocycles. The third kappa shape index (κ3) is 4.42. The number of carbonyl (C=O) groups excluding carboxylic acids is 1. The molecule has 1 N–H and O–H groups in total. The van der Waals surface area contributed by atoms with Crippen LogP contribution < -0.4 is 5.32 Å². The first kappa shape index (κ1) is 16.7. The molecular formula is C18H24N2OS2. The Labute approximate surface area is 146 Å². The van der Waals surface area contributed by atoms with Gasteiger partial charge in [-0.2, -0.15) is 0 Å². The van der Waals surface area contributed by atoms with E-state index in [1.165, 1.54) is 43.4 Å². The Morgan fingerprint density at radius 3 is 2.83 bits per heavy atom. The lowest BCUT2D eigenvalue weighted by atomic mass is 9.79. The lowest BCUT2D eigenvalue weighted by molar-refractivity contribution is -0.121. The smallest absolute Gasteiger partial charge is 0.229 e. The number of hydrogen-bond donors (Lipinski definition) is 1. The molecule has 0 bridgehead atoms. The van der Waals surface area contributed by atoms with E-state index in [4.69, 9.17) is 0 Å². The predicted molar refractivity (Wildman–Crippen MR) is 99.0 cm³/mol. The SMILES string of the molecule is CCCCC1CCC(C(=O)Nc2nc(-c3cccs3)cs2)CC1. The van der Waals surface area contributed by atoms with Gasteiger partial charge in [0.2, 0.25) is 5.91 Å². The van der Waals surface area contributed by atoms with Crippen LogP contribution in [0, 0.1) is 11.8 Å². The summed E-state index contributed by atoms with van der Waals surface area (Å²) < 4.78 is 0. The van der Waals surface area contributed by atoms with Crippen molar-refractivity contribution in [2.75, 3.05) is 5.32 Å². The number of thiophene rings is 1. The van der Waals surface area contributed by atoms with E-state index in [2.05, 4.69) is 23.3 Å². The second-order valence-corrected chi connectivity index (χ2v) is 8.17. The quantitative estimate of drug-likeness (QED) is 0.716. The number of rotatable bonds is 6. The fraction of sp³-hybridized carbons (Fsp3) is 0.556. The van der Waals surface area contributed by atoms with E-state index >= 15 is 0 Å². The van der Waals surface area contributed by atoms with Gasteiger partial charge in [-0.15, -0.1) is 22.7 Å². The van der Waals surface area contributed by atoms with Crippen LogP contribution in [0.15, 0.2) is 22.9 Å². The molecule has 0 aromatic carbocycles. The van der Waals surface area contributed by atoms with E-state index in [1.54, 1.807) is 11.3 Å². The molecule has 3 nitrogen and oxygen atoms in total. The summed E-state index contributed by atoms with van der Waals surface area (Å²) in [5.74, 6) is 1.16. The summed E-state index contributed by atoms with van der Waals surface area (Å²) in [5, 5.41) is 7.82. The molecule has 23 heavy (non-hydrogen) atoms. The van der Waals surface area contributed by atoms with Gasteiger partial charge in [-0.25, -0.2) is 4.98 Å². The standard InChI is InChI=1S/C18H24N2OS2/c1-2-3-5-13-7-9-14(10-8-13)17(21)20-18-19-15(12-23-18)16-6-4-11-22-16/h4,6,11-14H,2-3,5,7-10H2,1H3,(H,19,20,21). The summed E-state index contributed by atoms with van der Waals surface area (Å²) in [6.45, 7) is 2.25. The highest BCUT2D eigenvalue weighted by Crippen LogP contribution is 2.33.